The molecule has 10 heteroatoms. The SMILES string of the molecule is CC(=O)Nc1ccc(/C(C)=N\NC(=O)CN(c2cccc(Br)c2)S(C)(=O)=O)cc1. The van der Waals surface area contributed by atoms with Gasteiger partial charge in [-0.1, -0.05) is 34.1 Å². The fourth-order valence-corrected chi connectivity index (χ4v) is 3.64. The maximum Gasteiger partial charge on any atom is 0.260 e. The van der Waals surface area contributed by atoms with Crippen molar-refractivity contribution >= 4 is 54.9 Å². The summed E-state index contributed by atoms with van der Waals surface area (Å²) in [6.45, 7) is 2.72. The molecule has 0 heterocycles. The van der Waals surface area contributed by atoms with Crippen molar-refractivity contribution in [2.75, 3.05) is 22.4 Å². The Morgan fingerprint density at radius 1 is 1.10 bits per heavy atom. The van der Waals surface area contributed by atoms with E-state index in [-0.39, 0.29) is 5.91 Å². The van der Waals surface area contributed by atoms with Gasteiger partial charge in [-0.05, 0) is 42.8 Å². The molecule has 154 valence electrons. The first-order chi connectivity index (χ1) is 13.6. The number of nitrogens with zero attached hydrogens (tertiary/aromatic N) is 2. The van der Waals surface area contributed by atoms with Crippen LogP contribution in [0.3, 0.4) is 0 Å². The quantitative estimate of drug-likeness (QED) is 0.468. The molecule has 2 aromatic carbocycles. The molecular formula is C19H21BrN4O4S. The zero-order valence-corrected chi connectivity index (χ0v) is 18.5. The van der Waals surface area contributed by atoms with E-state index >= 15 is 0 Å². The lowest BCUT2D eigenvalue weighted by Crippen LogP contribution is -2.39. The highest BCUT2D eigenvalue weighted by Crippen LogP contribution is 2.21. The number of hydrazone groups is 1. The van der Waals surface area contributed by atoms with Gasteiger partial charge in [-0.25, -0.2) is 13.8 Å². The van der Waals surface area contributed by atoms with Crippen molar-refractivity contribution in [1.29, 1.82) is 0 Å². The Hall–Kier alpha value is -2.72. The molecule has 0 atom stereocenters. The van der Waals surface area contributed by atoms with Crippen LogP contribution in [0.2, 0.25) is 0 Å². The molecule has 0 saturated heterocycles. The molecule has 0 fully saturated rings. The van der Waals surface area contributed by atoms with Gasteiger partial charge >= 0.3 is 0 Å². The third kappa shape index (κ3) is 6.99. The lowest BCUT2D eigenvalue weighted by Gasteiger charge is -2.21. The van der Waals surface area contributed by atoms with Gasteiger partial charge in [-0.15, -0.1) is 0 Å². The van der Waals surface area contributed by atoms with Crippen molar-refractivity contribution in [3.63, 3.8) is 0 Å². The zero-order chi connectivity index (χ0) is 21.6. The predicted octanol–water partition coefficient (Wildman–Crippen LogP) is 2.71. The van der Waals surface area contributed by atoms with Gasteiger partial charge < -0.3 is 5.32 Å². The summed E-state index contributed by atoms with van der Waals surface area (Å²) in [5.74, 6) is -0.749. The van der Waals surface area contributed by atoms with Gasteiger partial charge in [0.25, 0.3) is 5.91 Å². The van der Waals surface area contributed by atoms with Gasteiger partial charge in [-0.3, -0.25) is 13.9 Å². The number of hydrogen-bond donors (Lipinski definition) is 2. The number of nitrogens with one attached hydrogen (secondary N) is 2. The monoisotopic (exact) mass is 480 g/mol. The summed E-state index contributed by atoms with van der Waals surface area (Å²) >= 11 is 3.29. The molecule has 2 amide bonds. The first-order valence-corrected chi connectivity index (χ1v) is 11.1. The summed E-state index contributed by atoms with van der Waals surface area (Å²) < 4.78 is 25.9. The number of sulfonamides is 1. The fourth-order valence-electron chi connectivity index (χ4n) is 2.41. The third-order valence-corrected chi connectivity index (χ3v) is 5.39. The Labute approximate surface area is 178 Å². The Morgan fingerprint density at radius 2 is 1.76 bits per heavy atom. The first-order valence-electron chi connectivity index (χ1n) is 8.50. The molecule has 0 aromatic heterocycles. The maximum atomic E-state index is 12.3. The highest BCUT2D eigenvalue weighted by molar-refractivity contribution is 9.10. The van der Waals surface area contributed by atoms with Crippen molar-refractivity contribution in [1.82, 2.24) is 5.43 Å². The Bertz CT molecular complexity index is 1040. The Balaban J connectivity index is 2.08. The van der Waals surface area contributed by atoms with Gasteiger partial charge in [0.05, 0.1) is 17.7 Å². The van der Waals surface area contributed by atoms with Crippen molar-refractivity contribution in [3.8, 4) is 0 Å². The molecule has 0 unspecified atom stereocenters. The molecule has 0 radical (unpaired) electrons. The summed E-state index contributed by atoms with van der Waals surface area (Å²) in [7, 11) is -3.67. The second-order valence-corrected chi connectivity index (χ2v) is 9.06. The van der Waals surface area contributed by atoms with E-state index in [1.165, 1.54) is 6.92 Å². The standard InChI is InChI=1S/C19H21BrN4O4S/c1-13(15-7-9-17(10-8-15)21-14(2)25)22-23-19(26)12-24(29(3,27)28)18-6-4-5-16(20)11-18/h4-11H,12H2,1-3H3,(H,21,25)(H,23,26)/b22-13-. The van der Waals surface area contributed by atoms with Crippen LogP contribution in [-0.4, -0.2) is 38.7 Å². The van der Waals surface area contributed by atoms with E-state index in [2.05, 4.69) is 31.8 Å². The number of halogens is 1. The van der Waals surface area contributed by atoms with E-state index in [9.17, 15) is 18.0 Å². The molecule has 8 nitrogen and oxygen atoms in total. The van der Waals surface area contributed by atoms with Crippen LogP contribution in [0.25, 0.3) is 0 Å². The van der Waals surface area contributed by atoms with Crippen LogP contribution < -0.4 is 15.0 Å². The van der Waals surface area contributed by atoms with Crippen LogP contribution >= 0.6 is 15.9 Å². The van der Waals surface area contributed by atoms with Crippen LogP contribution in [0, 0.1) is 0 Å². The molecule has 29 heavy (non-hydrogen) atoms. The minimum absolute atomic E-state index is 0.170. The summed E-state index contributed by atoms with van der Waals surface area (Å²) in [6.07, 6.45) is 1.03. The number of benzene rings is 2. The van der Waals surface area contributed by atoms with Gasteiger partial charge in [0.15, 0.2) is 0 Å². The largest absolute Gasteiger partial charge is 0.326 e. The summed E-state index contributed by atoms with van der Waals surface area (Å²) in [4.78, 5) is 23.3. The predicted molar refractivity (Wildman–Crippen MR) is 117 cm³/mol. The van der Waals surface area contributed by atoms with E-state index < -0.39 is 22.5 Å². The second-order valence-electron chi connectivity index (χ2n) is 6.24. The molecule has 2 rings (SSSR count). The van der Waals surface area contributed by atoms with E-state index in [4.69, 9.17) is 0 Å². The molecule has 2 aromatic rings. The van der Waals surface area contributed by atoms with E-state index in [0.717, 1.165) is 16.1 Å². The van der Waals surface area contributed by atoms with Crippen molar-refractivity contribution in [2.45, 2.75) is 13.8 Å². The smallest absolute Gasteiger partial charge is 0.260 e. The highest BCUT2D eigenvalue weighted by atomic mass is 79.9. The minimum atomic E-state index is -3.67. The number of carbonyl (C=O) groups excluding carboxylic acids is 2. The molecule has 0 spiro atoms. The highest BCUT2D eigenvalue weighted by Gasteiger charge is 2.21. The van der Waals surface area contributed by atoms with Crippen molar-refractivity contribution in [2.24, 2.45) is 5.10 Å². The lowest BCUT2D eigenvalue weighted by atomic mass is 10.1. The van der Waals surface area contributed by atoms with E-state index in [1.807, 2.05) is 0 Å². The second kappa shape index (κ2) is 9.66. The fraction of sp³-hybridized carbons (Fsp3) is 0.211. The average molecular weight is 481 g/mol. The van der Waals surface area contributed by atoms with Crippen LogP contribution in [0.1, 0.15) is 19.4 Å². The number of carbonyl (C=O) groups is 2. The lowest BCUT2D eigenvalue weighted by molar-refractivity contribution is -0.119. The summed E-state index contributed by atoms with van der Waals surface area (Å²) in [5.41, 5.74) is 4.66. The molecule has 2 N–H and O–H groups in total. The Morgan fingerprint density at radius 3 is 2.31 bits per heavy atom. The number of rotatable bonds is 7. The molecule has 0 aliphatic carbocycles. The average Bonchev–Trinajstić information content (AvgIpc) is 2.63. The number of amides is 2. The van der Waals surface area contributed by atoms with Crippen LogP contribution in [0.5, 0.6) is 0 Å². The normalized spacial score (nSPS) is 11.7. The molecule has 0 bridgehead atoms. The minimum Gasteiger partial charge on any atom is -0.326 e. The number of anilines is 2. The summed E-state index contributed by atoms with van der Waals surface area (Å²) in [5, 5.41) is 6.69. The first kappa shape index (κ1) is 22.6. The van der Waals surface area contributed by atoms with Crippen LogP contribution in [-0.2, 0) is 19.6 Å². The zero-order valence-electron chi connectivity index (χ0n) is 16.1. The maximum absolute atomic E-state index is 12.3. The van der Waals surface area contributed by atoms with Gasteiger partial charge in [0.2, 0.25) is 15.9 Å². The third-order valence-electron chi connectivity index (χ3n) is 3.76. The molecular weight excluding hydrogens is 460 g/mol. The summed E-state index contributed by atoms with van der Waals surface area (Å²) in [6, 6.07) is 13.6. The molecule has 0 aliphatic rings. The Kier molecular flexibility index (Phi) is 7.52. The van der Waals surface area contributed by atoms with Gasteiger partial charge in [0, 0.05) is 17.1 Å². The van der Waals surface area contributed by atoms with E-state index in [1.54, 1.807) is 55.5 Å². The van der Waals surface area contributed by atoms with Crippen molar-refractivity contribution in [3.05, 3.63) is 58.6 Å². The number of hydrogen-bond acceptors (Lipinski definition) is 5. The van der Waals surface area contributed by atoms with Crippen LogP contribution in [0.15, 0.2) is 58.1 Å². The molecule has 0 aliphatic heterocycles. The van der Waals surface area contributed by atoms with E-state index in [0.29, 0.717) is 21.6 Å². The van der Waals surface area contributed by atoms with Gasteiger partial charge in [-0.2, -0.15) is 5.10 Å². The van der Waals surface area contributed by atoms with Gasteiger partial charge in [0.1, 0.15) is 6.54 Å². The molecule has 0 saturated carbocycles. The van der Waals surface area contributed by atoms with Crippen LogP contribution in [0.4, 0.5) is 11.4 Å². The topological polar surface area (TPSA) is 108 Å². The van der Waals surface area contributed by atoms with Crippen molar-refractivity contribution < 1.29 is 18.0 Å².